The van der Waals surface area contributed by atoms with Gasteiger partial charge in [0.1, 0.15) is 0 Å². The highest BCUT2D eigenvalue weighted by Gasteiger charge is 2.16. The van der Waals surface area contributed by atoms with Gasteiger partial charge in [0.25, 0.3) is 0 Å². The molecule has 0 aliphatic carbocycles. The summed E-state index contributed by atoms with van der Waals surface area (Å²) in [6.07, 6.45) is 1.15. The molecule has 1 rings (SSSR count). The molecule has 0 heterocycles. The van der Waals surface area contributed by atoms with Crippen molar-refractivity contribution < 1.29 is 0 Å². The molecule has 1 aromatic carbocycles. The molecule has 2 heteroatoms. The normalized spacial score (nSPS) is 13.9. The molecular formula is C16H28N2. The average molecular weight is 248 g/mol. The van der Waals surface area contributed by atoms with E-state index in [1.54, 1.807) is 0 Å². The van der Waals surface area contributed by atoms with Gasteiger partial charge in [-0.1, -0.05) is 37.3 Å². The van der Waals surface area contributed by atoms with Crippen LogP contribution in [0.5, 0.6) is 0 Å². The standard InChI is InChI=1S/C16H28N2/c1-6-16(3,4)17-12-14(2)18(5)13-15-10-8-7-9-11-15/h7-11,14,17H,6,12-13H2,1-5H3. The number of hydrogen-bond donors (Lipinski definition) is 1. The summed E-state index contributed by atoms with van der Waals surface area (Å²) in [7, 11) is 2.19. The van der Waals surface area contributed by atoms with Crippen LogP contribution in [0.25, 0.3) is 0 Å². The lowest BCUT2D eigenvalue weighted by molar-refractivity contribution is 0.223. The van der Waals surface area contributed by atoms with Gasteiger partial charge in [0.2, 0.25) is 0 Å². The number of rotatable bonds is 7. The van der Waals surface area contributed by atoms with E-state index in [0.29, 0.717) is 6.04 Å². The van der Waals surface area contributed by atoms with Crippen LogP contribution >= 0.6 is 0 Å². The Balaban J connectivity index is 2.40. The monoisotopic (exact) mass is 248 g/mol. The van der Waals surface area contributed by atoms with E-state index >= 15 is 0 Å². The summed E-state index contributed by atoms with van der Waals surface area (Å²) >= 11 is 0. The largest absolute Gasteiger partial charge is 0.310 e. The summed E-state index contributed by atoms with van der Waals surface area (Å²) in [5.41, 5.74) is 1.61. The maximum Gasteiger partial charge on any atom is 0.0234 e. The van der Waals surface area contributed by atoms with Gasteiger partial charge in [0, 0.05) is 24.7 Å². The Bertz CT molecular complexity index is 332. The molecule has 0 saturated heterocycles. The van der Waals surface area contributed by atoms with E-state index in [1.807, 2.05) is 0 Å². The maximum absolute atomic E-state index is 3.63. The quantitative estimate of drug-likeness (QED) is 0.796. The molecule has 102 valence electrons. The maximum atomic E-state index is 3.63. The molecule has 0 amide bonds. The molecule has 0 aromatic heterocycles. The van der Waals surface area contributed by atoms with Crippen molar-refractivity contribution in [2.45, 2.75) is 52.2 Å². The Hall–Kier alpha value is -0.860. The van der Waals surface area contributed by atoms with Crippen LogP contribution in [-0.2, 0) is 6.54 Å². The predicted octanol–water partition coefficient (Wildman–Crippen LogP) is 3.29. The van der Waals surface area contributed by atoms with Crippen molar-refractivity contribution >= 4 is 0 Å². The third-order valence-electron chi connectivity index (χ3n) is 3.79. The Labute approximate surface area is 112 Å². The number of hydrogen-bond acceptors (Lipinski definition) is 2. The van der Waals surface area contributed by atoms with Gasteiger partial charge in [0.15, 0.2) is 0 Å². The first-order chi connectivity index (χ1) is 8.44. The lowest BCUT2D eigenvalue weighted by Crippen LogP contribution is -2.46. The minimum atomic E-state index is 0.238. The van der Waals surface area contributed by atoms with Gasteiger partial charge in [0.05, 0.1) is 0 Å². The first-order valence-electron chi connectivity index (χ1n) is 6.94. The fraction of sp³-hybridized carbons (Fsp3) is 0.625. The van der Waals surface area contributed by atoms with Gasteiger partial charge in [-0.05, 0) is 39.8 Å². The highest BCUT2D eigenvalue weighted by Crippen LogP contribution is 2.09. The predicted molar refractivity (Wildman–Crippen MR) is 79.7 cm³/mol. The van der Waals surface area contributed by atoms with Gasteiger partial charge < -0.3 is 5.32 Å². The van der Waals surface area contributed by atoms with E-state index < -0.39 is 0 Å². The third kappa shape index (κ3) is 5.19. The lowest BCUT2D eigenvalue weighted by atomic mass is 10.0. The minimum Gasteiger partial charge on any atom is -0.310 e. The second-order valence-corrected chi connectivity index (χ2v) is 5.87. The van der Waals surface area contributed by atoms with E-state index in [-0.39, 0.29) is 5.54 Å². The molecule has 18 heavy (non-hydrogen) atoms. The first-order valence-corrected chi connectivity index (χ1v) is 6.94. The summed E-state index contributed by atoms with van der Waals surface area (Å²) in [6.45, 7) is 11.1. The highest BCUT2D eigenvalue weighted by molar-refractivity contribution is 5.14. The second kappa shape index (κ2) is 6.91. The van der Waals surface area contributed by atoms with Crippen molar-refractivity contribution in [1.29, 1.82) is 0 Å². The molecular weight excluding hydrogens is 220 g/mol. The SMILES string of the molecule is CCC(C)(C)NCC(C)N(C)Cc1ccccc1. The Morgan fingerprint density at radius 1 is 1.22 bits per heavy atom. The van der Waals surface area contributed by atoms with E-state index in [1.165, 1.54) is 5.56 Å². The van der Waals surface area contributed by atoms with Crippen LogP contribution in [0.1, 0.15) is 39.7 Å². The number of nitrogens with one attached hydrogen (secondary N) is 1. The van der Waals surface area contributed by atoms with Gasteiger partial charge in [-0.15, -0.1) is 0 Å². The van der Waals surface area contributed by atoms with Crippen molar-refractivity contribution in [1.82, 2.24) is 10.2 Å². The minimum absolute atomic E-state index is 0.238. The summed E-state index contributed by atoms with van der Waals surface area (Å²) in [6, 6.07) is 11.2. The molecule has 0 spiro atoms. The van der Waals surface area contributed by atoms with Crippen LogP contribution < -0.4 is 5.32 Å². The van der Waals surface area contributed by atoms with Crippen LogP contribution in [0, 0.1) is 0 Å². The van der Waals surface area contributed by atoms with Crippen LogP contribution in [0.3, 0.4) is 0 Å². The molecule has 1 aromatic rings. The van der Waals surface area contributed by atoms with Gasteiger partial charge in [-0.25, -0.2) is 0 Å². The van der Waals surface area contributed by atoms with E-state index in [0.717, 1.165) is 19.5 Å². The molecule has 1 atom stereocenters. The highest BCUT2D eigenvalue weighted by atomic mass is 15.1. The molecule has 2 nitrogen and oxygen atoms in total. The van der Waals surface area contributed by atoms with Crippen molar-refractivity contribution in [3.05, 3.63) is 35.9 Å². The second-order valence-electron chi connectivity index (χ2n) is 5.87. The Kier molecular flexibility index (Phi) is 5.83. The topological polar surface area (TPSA) is 15.3 Å². The number of benzene rings is 1. The molecule has 0 saturated carbocycles. The molecule has 0 aliphatic rings. The third-order valence-corrected chi connectivity index (χ3v) is 3.79. The zero-order valence-electron chi connectivity index (χ0n) is 12.5. The van der Waals surface area contributed by atoms with E-state index in [2.05, 4.69) is 75.3 Å². The molecule has 1 N–H and O–H groups in total. The van der Waals surface area contributed by atoms with Crippen molar-refractivity contribution in [2.24, 2.45) is 0 Å². The molecule has 0 bridgehead atoms. The van der Waals surface area contributed by atoms with Gasteiger partial charge in [-0.3, -0.25) is 4.90 Å². The lowest BCUT2D eigenvalue weighted by Gasteiger charge is -2.31. The van der Waals surface area contributed by atoms with E-state index in [4.69, 9.17) is 0 Å². The van der Waals surface area contributed by atoms with Crippen LogP contribution in [0.15, 0.2) is 30.3 Å². The van der Waals surface area contributed by atoms with Crippen LogP contribution in [-0.4, -0.2) is 30.1 Å². The fourth-order valence-electron chi connectivity index (χ4n) is 1.73. The average Bonchev–Trinajstić information content (AvgIpc) is 2.37. The number of likely N-dealkylation sites (N-methyl/N-ethyl adjacent to an activating group) is 1. The zero-order valence-corrected chi connectivity index (χ0v) is 12.5. The Morgan fingerprint density at radius 2 is 1.83 bits per heavy atom. The smallest absolute Gasteiger partial charge is 0.0234 e. The first kappa shape index (κ1) is 15.2. The van der Waals surface area contributed by atoms with Crippen molar-refractivity contribution in [3.63, 3.8) is 0 Å². The Morgan fingerprint density at radius 3 is 2.39 bits per heavy atom. The summed E-state index contributed by atoms with van der Waals surface area (Å²) in [5, 5.41) is 3.63. The molecule has 0 aliphatic heterocycles. The van der Waals surface area contributed by atoms with Crippen molar-refractivity contribution in [2.75, 3.05) is 13.6 Å². The summed E-state index contributed by atoms with van der Waals surface area (Å²) in [5.74, 6) is 0. The van der Waals surface area contributed by atoms with Gasteiger partial charge >= 0.3 is 0 Å². The van der Waals surface area contributed by atoms with Crippen LogP contribution in [0.4, 0.5) is 0 Å². The van der Waals surface area contributed by atoms with Crippen molar-refractivity contribution in [3.8, 4) is 0 Å². The fourth-order valence-corrected chi connectivity index (χ4v) is 1.73. The number of nitrogens with zero attached hydrogens (tertiary/aromatic N) is 1. The van der Waals surface area contributed by atoms with E-state index in [9.17, 15) is 0 Å². The molecule has 0 fully saturated rings. The van der Waals surface area contributed by atoms with Gasteiger partial charge in [-0.2, -0.15) is 0 Å². The summed E-state index contributed by atoms with van der Waals surface area (Å²) in [4.78, 5) is 2.40. The summed E-state index contributed by atoms with van der Waals surface area (Å²) < 4.78 is 0. The zero-order chi connectivity index (χ0) is 13.6. The molecule has 1 unspecified atom stereocenters. The molecule has 0 radical (unpaired) electrons. The van der Waals surface area contributed by atoms with Crippen LogP contribution in [0.2, 0.25) is 0 Å².